The first kappa shape index (κ1) is 10.8. The van der Waals surface area contributed by atoms with Crippen molar-refractivity contribution in [3.8, 4) is 11.1 Å². The second kappa shape index (κ2) is 4.13. The number of rotatable bonds is 1. The van der Waals surface area contributed by atoms with Gasteiger partial charge in [0.1, 0.15) is 5.82 Å². The van der Waals surface area contributed by atoms with E-state index >= 15 is 0 Å². The van der Waals surface area contributed by atoms with Gasteiger partial charge in [0.2, 0.25) is 0 Å². The van der Waals surface area contributed by atoms with Gasteiger partial charge in [0.15, 0.2) is 0 Å². The topological polar surface area (TPSA) is 0 Å². The third-order valence-electron chi connectivity index (χ3n) is 2.70. The van der Waals surface area contributed by atoms with Gasteiger partial charge in [0.05, 0.1) is 0 Å². The van der Waals surface area contributed by atoms with Crippen molar-refractivity contribution in [3.05, 3.63) is 58.7 Å². The van der Waals surface area contributed by atoms with Crippen LogP contribution in [0.25, 0.3) is 21.2 Å². The summed E-state index contributed by atoms with van der Waals surface area (Å²) >= 11 is 7.78. The SMILES string of the molecule is Fc1ccc(Cl)c(-c2cccc3ccsc23)c1. The molecule has 84 valence electrons. The molecule has 0 aliphatic rings. The maximum absolute atomic E-state index is 13.3. The summed E-state index contributed by atoms with van der Waals surface area (Å²) in [6.45, 7) is 0. The molecule has 0 saturated heterocycles. The highest BCUT2D eigenvalue weighted by atomic mass is 35.5. The molecule has 0 fully saturated rings. The van der Waals surface area contributed by atoms with Crippen molar-refractivity contribution < 1.29 is 4.39 Å². The van der Waals surface area contributed by atoms with E-state index < -0.39 is 0 Å². The van der Waals surface area contributed by atoms with Crippen LogP contribution < -0.4 is 0 Å². The first-order chi connectivity index (χ1) is 8.25. The van der Waals surface area contributed by atoms with Crippen molar-refractivity contribution >= 4 is 33.0 Å². The minimum Gasteiger partial charge on any atom is -0.207 e. The number of hydrogen-bond acceptors (Lipinski definition) is 1. The van der Waals surface area contributed by atoms with Crippen molar-refractivity contribution in [2.75, 3.05) is 0 Å². The first-order valence-corrected chi connectivity index (χ1v) is 6.43. The van der Waals surface area contributed by atoms with Crippen molar-refractivity contribution in [2.24, 2.45) is 0 Å². The zero-order valence-electron chi connectivity index (χ0n) is 8.78. The highest BCUT2D eigenvalue weighted by Gasteiger charge is 2.09. The lowest BCUT2D eigenvalue weighted by Gasteiger charge is -2.06. The summed E-state index contributed by atoms with van der Waals surface area (Å²) in [5.41, 5.74) is 1.74. The van der Waals surface area contributed by atoms with Gasteiger partial charge in [-0.3, -0.25) is 0 Å². The summed E-state index contributed by atoms with van der Waals surface area (Å²) in [6.07, 6.45) is 0. The summed E-state index contributed by atoms with van der Waals surface area (Å²) in [4.78, 5) is 0. The van der Waals surface area contributed by atoms with Crippen LogP contribution in [0.5, 0.6) is 0 Å². The van der Waals surface area contributed by atoms with E-state index in [4.69, 9.17) is 11.6 Å². The Morgan fingerprint density at radius 3 is 2.76 bits per heavy atom. The van der Waals surface area contributed by atoms with E-state index in [9.17, 15) is 4.39 Å². The Kier molecular flexibility index (Phi) is 2.61. The molecule has 1 heterocycles. The highest BCUT2D eigenvalue weighted by molar-refractivity contribution is 7.17. The first-order valence-electron chi connectivity index (χ1n) is 5.17. The molecule has 0 N–H and O–H groups in total. The molecular weight excluding hydrogens is 255 g/mol. The van der Waals surface area contributed by atoms with Crippen LogP contribution in [-0.2, 0) is 0 Å². The fourth-order valence-electron chi connectivity index (χ4n) is 1.91. The summed E-state index contributed by atoms with van der Waals surface area (Å²) in [5.74, 6) is -0.266. The fourth-order valence-corrected chi connectivity index (χ4v) is 3.06. The molecule has 1 aromatic heterocycles. The van der Waals surface area contributed by atoms with E-state index in [1.165, 1.54) is 12.1 Å². The molecule has 2 aromatic carbocycles. The van der Waals surface area contributed by atoms with Crippen LogP contribution in [0.1, 0.15) is 0 Å². The summed E-state index contributed by atoms with van der Waals surface area (Å²) in [5, 5.41) is 3.77. The zero-order chi connectivity index (χ0) is 11.8. The predicted octanol–water partition coefficient (Wildman–Crippen LogP) is 5.36. The maximum Gasteiger partial charge on any atom is 0.123 e. The fraction of sp³-hybridized carbons (Fsp3) is 0. The average Bonchev–Trinajstić information content (AvgIpc) is 2.80. The lowest BCUT2D eigenvalue weighted by atomic mass is 10.0. The lowest BCUT2D eigenvalue weighted by Crippen LogP contribution is -1.82. The standard InChI is InChI=1S/C14H8ClFS/c15-13-5-4-10(16)8-12(13)11-3-1-2-9-6-7-17-14(9)11/h1-8H. The van der Waals surface area contributed by atoms with Crippen LogP contribution in [0.2, 0.25) is 5.02 Å². The van der Waals surface area contributed by atoms with Crippen LogP contribution in [0.4, 0.5) is 4.39 Å². The van der Waals surface area contributed by atoms with E-state index in [1.54, 1.807) is 17.4 Å². The number of halogens is 2. The molecule has 0 atom stereocenters. The summed E-state index contributed by atoms with van der Waals surface area (Å²) in [7, 11) is 0. The Morgan fingerprint density at radius 1 is 1.00 bits per heavy atom. The molecule has 0 aliphatic heterocycles. The van der Waals surface area contributed by atoms with Crippen molar-refractivity contribution in [3.63, 3.8) is 0 Å². The van der Waals surface area contributed by atoms with E-state index in [2.05, 4.69) is 6.07 Å². The van der Waals surface area contributed by atoms with E-state index in [-0.39, 0.29) is 5.82 Å². The third kappa shape index (κ3) is 1.84. The monoisotopic (exact) mass is 262 g/mol. The largest absolute Gasteiger partial charge is 0.207 e. The second-order valence-electron chi connectivity index (χ2n) is 3.77. The third-order valence-corrected chi connectivity index (χ3v) is 3.99. The number of fused-ring (bicyclic) bond motifs is 1. The Morgan fingerprint density at radius 2 is 1.88 bits per heavy atom. The van der Waals surface area contributed by atoms with E-state index in [1.807, 2.05) is 23.6 Å². The summed E-state index contributed by atoms with van der Waals surface area (Å²) < 4.78 is 14.4. The smallest absolute Gasteiger partial charge is 0.123 e. The van der Waals surface area contributed by atoms with Crippen molar-refractivity contribution in [2.45, 2.75) is 0 Å². The van der Waals surface area contributed by atoms with Crippen molar-refractivity contribution in [1.82, 2.24) is 0 Å². The van der Waals surface area contributed by atoms with Crippen LogP contribution in [0.15, 0.2) is 47.8 Å². The van der Waals surface area contributed by atoms with Gasteiger partial charge in [0, 0.05) is 20.8 Å². The Bertz CT molecular complexity index is 688. The molecule has 3 heteroatoms. The molecule has 17 heavy (non-hydrogen) atoms. The molecule has 0 amide bonds. The second-order valence-corrected chi connectivity index (χ2v) is 5.09. The van der Waals surface area contributed by atoms with E-state index in [0.29, 0.717) is 5.02 Å². The molecule has 0 saturated carbocycles. The van der Waals surface area contributed by atoms with E-state index in [0.717, 1.165) is 21.2 Å². The predicted molar refractivity (Wildman–Crippen MR) is 72.2 cm³/mol. The molecule has 0 radical (unpaired) electrons. The van der Waals surface area contributed by atoms with Crippen LogP contribution in [0, 0.1) is 5.82 Å². The molecule has 0 unspecified atom stereocenters. The van der Waals surface area contributed by atoms with Gasteiger partial charge in [-0.25, -0.2) is 4.39 Å². The average molecular weight is 263 g/mol. The molecule has 0 aliphatic carbocycles. The minimum atomic E-state index is -0.266. The van der Waals surface area contributed by atoms with Crippen LogP contribution in [-0.4, -0.2) is 0 Å². The zero-order valence-corrected chi connectivity index (χ0v) is 10.4. The van der Waals surface area contributed by atoms with Gasteiger partial charge < -0.3 is 0 Å². The van der Waals surface area contributed by atoms with Crippen LogP contribution in [0.3, 0.4) is 0 Å². The Hall–Kier alpha value is -1.38. The normalized spacial score (nSPS) is 10.9. The van der Waals surface area contributed by atoms with Gasteiger partial charge in [-0.2, -0.15) is 0 Å². The number of benzene rings is 2. The van der Waals surface area contributed by atoms with Gasteiger partial charge in [-0.05, 0) is 35.0 Å². The maximum atomic E-state index is 13.3. The van der Waals surface area contributed by atoms with Crippen molar-refractivity contribution in [1.29, 1.82) is 0 Å². The molecule has 3 rings (SSSR count). The van der Waals surface area contributed by atoms with Gasteiger partial charge >= 0.3 is 0 Å². The minimum absolute atomic E-state index is 0.266. The molecule has 0 bridgehead atoms. The Balaban J connectivity index is 2.34. The van der Waals surface area contributed by atoms with Gasteiger partial charge in [0.25, 0.3) is 0 Å². The Labute approximate surface area is 107 Å². The van der Waals surface area contributed by atoms with Gasteiger partial charge in [-0.15, -0.1) is 11.3 Å². The molecule has 0 spiro atoms. The van der Waals surface area contributed by atoms with Gasteiger partial charge in [-0.1, -0.05) is 29.8 Å². The molecule has 0 nitrogen and oxygen atoms in total. The molecule has 3 aromatic rings. The molecular formula is C14H8ClFS. The number of thiophene rings is 1. The number of hydrogen-bond donors (Lipinski definition) is 0. The van der Waals surface area contributed by atoms with Crippen LogP contribution >= 0.6 is 22.9 Å². The summed E-state index contributed by atoms with van der Waals surface area (Å²) in [6, 6.07) is 12.5. The lowest BCUT2D eigenvalue weighted by molar-refractivity contribution is 0.628. The quantitative estimate of drug-likeness (QED) is 0.554. The highest BCUT2D eigenvalue weighted by Crippen LogP contribution is 2.36.